The minimum Gasteiger partial charge on any atom is -0.382 e. The molecular weight excluding hydrogens is 220 g/mol. The fraction of sp³-hybridized carbons (Fsp3) is 0.538. The van der Waals surface area contributed by atoms with E-state index in [9.17, 15) is 0 Å². The molecule has 0 unspecified atom stereocenters. The summed E-state index contributed by atoms with van der Waals surface area (Å²) in [6.45, 7) is 2.10. The highest BCUT2D eigenvalue weighted by Gasteiger charge is 2.18. The number of benzene rings is 1. The maximum Gasteiger partial charge on any atom is 0.0426 e. The summed E-state index contributed by atoms with van der Waals surface area (Å²) in [6.07, 6.45) is 4.56. The highest BCUT2D eigenvalue weighted by Crippen LogP contribution is 2.25. The topological polar surface area (TPSA) is 38.0 Å². The van der Waals surface area contributed by atoms with E-state index in [0.29, 0.717) is 12.1 Å². The smallest absolute Gasteiger partial charge is 0.0426 e. The van der Waals surface area contributed by atoms with E-state index in [1.165, 1.54) is 5.56 Å². The summed E-state index contributed by atoms with van der Waals surface area (Å²) in [4.78, 5) is 0. The van der Waals surface area contributed by atoms with Crippen LogP contribution in [0.1, 0.15) is 31.2 Å². The second-order valence-corrected chi connectivity index (χ2v) is 5.15. The maximum absolute atomic E-state index is 6.00. The lowest BCUT2D eigenvalue weighted by atomic mass is 9.91. The first-order valence-electron chi connectivity index (χ1n) is 5.93. The van der Waals surface area contributed by atoms with Crippen LogP contribution in [-0.2, 0) is 0 Å². The van der Waals surface area contributed by atoms with E-state index in [1.54, 1.807) is 0 Å². The first kappa shape index (κ1) is 11.7. The van der Waals surface area contributed by atoms with Gasteiger partial charge in [-0.25, -0.2) is 0 Å². The van der Waals surface area contributed by atoms with Gasteiger partial charge in [-0.2, -0.15) is 0 Å². The van der Waals surface area contributed by atoms with Gasteiger partial charge in [-0.05, 0) is 50.3 Å². The molecule has 0 amide bonds. The molecule has 1 aromatic carbocycles. The molecule has 1 fully saturated rings. The fourth-order valence-corrected chi connectivity index (χ4v) is 2.41. The van der Waals surface area contributed by atoms with Gasteiger partial charge in [0, 0.05) is 22.8 Å². The molecule has 2 nitrogen and oxygen atoms in total. The third-order valence-corrected chi connectivity index (χ3v) is 3.57. The normalized spacial score (nSPS) is 25.4. The van der Waals surface area contributed by atoms with E-state index in [0.717, 1.165) is 36.4 Å². The molecule has 0 aromatic heterocycles. The predicted octanol–water partition coefficient (Wildman–Crippen LogP) is 3.33. The third-order valence-electron chi connectivity index (χ3n) is 3.33. The van der Waals surface area contributed by atoms with Crippen LogP contribution in [0.15, 0.2) is 18.2 Å². The molecule has 1 saturated carbocycles. The second-order valence-electron chi connectivity index (χ2n) is 4.72. The van der Waals surface area contributed by atoms with Crippen LogP contribution in [0.3, 0.4) is 0 Å². The highest BCUT2D eigenvalue weighted by molar-refractivity contribution is 6.30. The van der Waals surface area contributed by atoms with Crippen molar-refractivity contribution in [2.75, 3.05) is 5.32 Å². The summed E-state index contributed by atoms with van der Waals surface area (Å²) in [7, 11) is 0. The van der Waals surface area contributed by atoms with Gasteiger partial charge in [0.1, 0.15) is 0 Å². The summed E-state index contributed by atoms with van der Waals surface area (Å²) in [5.41, 5.74) is 8.30. The molecule has 0 radical (unpaired) electrons. The Labute approximate surface area is 102 Å². The molecule has 88 valence electrons. The average molecular weight is 239 g/mol. The third kappa shape index (κ3) is 2.89. The first-order valence-corrected chi connectivity index (χ1v) is 6.31. The quantitative estimate of drug-likeness (QED) is 0.830. The van der Waals surface area contributed by atoms with E-state index in [1.807, 2.05) is 12.1 Å². The second kappa shape index (κ2) is 5.07. The van der Waals surface area contributed by atoms with Crippen molar-refractivity contribution in [1.29, 1.82) is 0 Å². The molecule has 0 aliphatic heterocycles. The Morgan fingerprint density at radius 1 is 1.25 bits per heavy atom. The highest BCUT2D eigenvalue weighted by atomic mass is 35.5. The number of rotatable bonds is 2. The van der Waals surface area contributed by atoms with Crippen molar-refractivity contribution in [3.05, 3.63) is 28.8 Å². The SMILES string of the molecule is Cc1ccc(Cl)cc1NC1CCC(N)CC1. The molecule has 1 aliphatic carbocycles. The largest absolute Gasteiger partial charge is 0.382 e. The molecule has 3 heteroatoms. The van der Waals surface area contributed by atoms with Gasteiger partial charge in [-0.15, -0.1) is 0 Å². The van der Waals surface area contributed by atoms with Crippen LogP contribution in [0.4, 0.5) is 5.69 Å². The van der Waals surface area contributed by atoms with E-state index < -0.39 is 0 Å². The number of nitrogens with one attached hydrogen (secondary N) is 1. The number of hydrogen-bond acceptors (Lipinski definition) is 2. The number of nitrogens with two attached hydrogens (primary N) is 1. The van der Waals surface area contributed by atoms with Crippen molar-refractivity contribution in [1.82, 2.24) is 0 Å². The van der Waals surface area contributed by atoms with Crippen LogP contribution in [0.2, 0.25) is 5.02 Å². The van der Waals surface area contributed by atoms with Gasteiger partial charge in [-0.3, -0.25) is 0 Å². The molecule has 0 atom stereocenters. The zero-order valence-corrected chi connectivity index (χ0v) is 10.4. The van der Waals surface area contributed by atoms with Gasteiger partial charge in [0.25, 0.3) is 0 Å². The molecule has 0 bridgehead atoms. The molecule has 3 N–H and O–H groups in total. The molecule has 16 heavy (non-hydrogen) atoms. The van der Waals surface area contributed by atoms with E-state index >= 15 is 0 Å². The molecule has 1 aromatic rings. The standard InChI is InChI=1S/C13H19ClN2/c1-9-2-3-10(14)8-13(9)16-12-6-4-11(15)5-7-12/h2-3,8,11-12,16H,4-7,15H2,1H3. The Balaban J connectivity index is 2.00. The molecule has 0 saturated heterocycles. The van der Waals surface area contributed by atoms with Crippen molar-refractivity contribution in [3.63, 3.8) is 0 Å². The monoisotopic (exact) mass is 238 g/mol. The van der Waals surface area contributed by atoms with E-state index in [4.69, 9.17) is 17.3 Å². The Kier molecular flexibility index (Phi) is 3.72. The summed E-state index contributed by atoms with van der Waals surface area (Å²) in [6, 6.07) is 6.94. The minimum atomic E-state index is 0.401. The molecule has 0 heterocycles. The van der Waals surface area contributed by atoms with Gasteiger partial charge in [0.2, 0.25) is 0 Å². The van der Waals surface area contributed by atoms with Crippen LogP contribution in [0.25, 0.3) is 0 Å². The van der Waals surface area contributed by atoms with E-state index in [-0.39, 0.29) is 0 Å². The van der Waals surface area contributed by atoms with Crippen LogP contribution in [-0.4, -0.2) is 12.1 Å². The first-order chi connectivity index (χ1) is 7.65. The number of halogens is 1. The maximum atomic E-state index is 6.00. The van der Waals surface area contributed by atoms with Gasteiger partial charge in [0.15, 0.2) is 0 Å². The number of aryl methyl sites for hydroxylation is 1. The zero-order valence-electron chi connectivity index (χ0n) is 9.67. The van der Waals surface area contributed by atoms with Crippen molar-refractivity contribution < 1.29 is 0 Å². The van der Waals surface area contributed by atoms with Crippen LogP contribution >= 0.6 is 11.6 Å². The van der Waals surface area contributed by atoms with Gasteiger partial charge in [-0.1, -0.05) is 17.7 Å². The summed E-state index contributed by atoms with van der Waals surface area (Å²) in [5, 5.41) is 4.36. The average Bonchev–Trinajstić information content (AvgIpc) is 2.27. The predicted molar refractivity (Wildman–Crippen MR) is 70.0 cm³/mol. The van der Waals surface area contributed by atoms with Crippen molar-refractivity contribution in [2.45, 2.75) is 44.7 Å². The molecule has 0 spiro atoms. The Morgan fingerprint density at radius 3 is 2.62 bits per heavy atom. The summed E-state index contributed by atoms with van der Waals surface area (Å²) < 4.78 is 0. The molecular formula is C13H19ClN2. The lowest BCUT2D eigenvalue weighted by Gasteiger charge is -2.28. The Hall–Kier alpha value is -0.730. The van der Waals surface area contributed by atoms with Crippen molar-refractivity contribution in [3.8, 4) is 0 Å². The zero-order chi connectivity index (χ0) is 11.5. The lowest BCUT2D eigenvalue weighted by molar-refractivity contribution is 0.411. The van der Waals surface area contributed by atoms with Crippen molar-refractivity contribution >= 4 is 17.3 Å². The molecule has 2 rings (SSSR count). The number of hydrogen-bond donors (Lipinski definition) is 2. The van der Waals surface area contributed by atoms with E-state index in [2.05, 4.69) is 18.3 Å². The Morgan fingerprint density at radius 2 is 1.94 bits per heavy atom. The number of anilines is 1. The van der Waals surface area contributed by atoms with Gasteiger partial charge < -0.3 is 11.1 Å². The van der Waals surface area contributed by atoms with Crippen LogP contribution in [0.5, 0.6) is 0 Å². The van der Waals surface area contributed by atoms with Crippen LogP contribution < -0.4 is 11.1 Å². The summed E-state index contributed by atoms with van der Waals surface area (Å²) in [5.74, 6) is 0. The van der Waals surface area contributed by atoms with Gasteiger partial charge in [0.05, 0.1) is 0 Å². The van der Waals surface area contributed by atoms with Gasteiger partial charge >= 0.3 is 0 Å². The Bertz CT molecular complexity index is 357. The summed E-state index contributed by atoms with van der Waals surface area (Å²) >= 11 is 6.00. The minimum absolute atomic E-state index is 0.401. The van der Waals surface area contributed by atoms with Crippen LogP contribution in [0, 0.1) is 6.92 Å². The van der Waals surface area contributed by atoms with Crippen molar-refractivity contribution in [2.24, 2.45) is 5.73 Å². The fourth-order valence-electron chi connectivity index (χ4n) is 2.23. The molecule has 1 aliphatic rings. The lowest BCUT2D eigenvalue weighted by Crippen LogP contribution is -2.32.